The highest BCUT2D eigenvalue weighted by Crippen LogP contribution is 2.21. The van der Waals surface area contributed by atoms with E-state index in [2.05, 4.69) is 30.9 Å². The zero-order valence-electron chi connectivity index (χ0n) is 11.4. The second-order valence-corrected chi connectivity index (χ2v) is 5.94. The molecule has 0 heterocycles. The van der Waals surface area contributed by atoms with Crippen LogP contribution in [0.25, 0.3) is 0 Å². The standard InChI is InChI=1S/C16H19NOP/c1-3-17(4-2)14-10-12-16(13-11-14)19(18)15-8-6-5-7-9-15/h5-13H,3-4H2,1-2H3/q+1. The molecule has 3 heteroatoms. The van der Waals surface area contributed by atoms with Gasteiger partial charge in [-0.05, 0) is 50.2 Å². The van der Waals surface area contributed by atoms with Gasteiger partial charge >= 0.3 is 7.80 Å². The average molecular weight is 272 g/mol. The van der Waals surface area contributed by atoms with Crippen molar-refractivity contribution >= 4 is 24.1 Å². The Morgan fingerprint density at radius 2 is 1.37 bits per heavy atom. The van der Waals surface area contributed by atoms with Crippen LogP contribution in [-0.4, -0.2) is 13.1 Å². The van der Waals surface area contributed by atoms with Crippen LogP contribution in [0.3, 0.4) is 0 Å². The molecule has 0 aromatic heterocycles. The molecule has 2 nitrogen and oxygen atoms in total. The molecule has 1 atom stereocenters. The molecule has 0 N–H and O–H groups in total. The molecule has 0 aliphatic rings. The van der Waals surface area contributed by atoms with Gasteiger partial charge < -0.3 is 4.90 Å². The minimum absolute atomic E-state index is 0.882. The molecule has 98 valence electrons. The SMILES string of the molecule is CCN(CC)c1ccc([P+](=O)c2ccccc2)cc1. The largest absolute Gasteiger partial charge is 0.415 e. The molecular weight excluding hydrogens is 253 g/mol. The summed E-state index contributed by atoms with van der Waals surface area (Å²) in [6, 6.07) is 17.7. The molecule has 0 radical (unpaired) electrons. The fourth-order valence-electron chi connectivity index (χ4n) is 2.10. The lowest BCUT2D eigenvalue weighted by atomic mass is 10.3. The van der Waals surface area contributed by atoms with Crippen molar-refractivity contribution in [3.05, 3.63) is 54.6 Å². The summed E-state index contributed by atoms with van der Waals surface area (Å²) in [7, 11) is -1.48. The molecular formula is C16H19NOP+. The third-order valence-corrected chi connectivity index (χ3v) is 4.74. The third kappa shape index (κ3) is 3.21. The minimum Gasteiger partial charge on any atom is -0.372 e. The Balaban J connectivity index is 2.21. The lowest BCUT2D eigenvalue weighted by Crippen LogP contribution is -2.22. The number of nitrogens with zero attached hydrogens (tertiary/aromatic N) is 1. The summed E-state index contributed by atoms with van der Waals surface area (Å²) in [5.74, 6) is 0. The van der Waals surface area contributed by atoms with Crippen LogP contribution in [0.15, 0.2) is 54.6 Å². The van der Waals surface area contributed by atoms with Gasteiger partial charge in [0.2, 0.25) is 0 Å². The van der Waals surface area contributed by atoms with Gasteiger partial charge in [0.25, 0.3) is 0 Å². The predicted octanol–water partition coefficient (Wildman–Crippen LogP) is 3.31. The van der Waals surface area contributed by atoms with Gasteiger partial charge in [0, 0.05) is 18.8 Å². The van der Waals surface area contributed by atoms with E-state index < -0.39 is 7.80 Å². The minimum atomic E-state index is -1.48. The van der Waals surface area contributed by atoms with Gasteiger partial charge in [-0.2, -0.15) is 0 Å². The summed E-state index contributed by atoms with van der Waals surface area (Å²) in [4.78, 5) is 2.28. The summed E-state index contributed by atoms with van der Waals surface area (Å²) >= 11 is 0. The Morgan fingerprint density at radius 3 is 1.89 bits per heavy atom. The van der Waals surface area contributed by atoms with E-state index in [9.17, 15) is 4.57 Å². The van der Waals surface area contributed by atoms with E-state index in [1.54, 1.807) is 0 Å². The van der Waals surface area contributed by atoms with Crippen molar-refractivity contribution in [2.45, 2.75) is 13.8 Å². The monoisotopic (exact) mass is 272 g/mol. The van der Waals surface area contributed by atoms with Gasteiger partial charge in [0.05, 0.1) is 0 Å². The van der Waals surface area contributed by atoms with Crippen LogP contribution < -0.4 is 15.5 Å². The number of benzene rings is 2. The van der Waals surface area contributed by atoms with Crippen LogP contribution in [0.1, 0.15) is 13.8 Å². The Morgan fingerprint density at radius 1 is 0.842 bits per heavy atom. The maximum atomic E-state index is 12.4. The van der Waals surface area contributed by atoms with E-state index in [0.29, 0.717) is 0 Å². The maximum absolute atomic E-state index is 12.4. The Hall–Kier alpha value is -1.66. The van der Waals surface area contributed by atoms with Crippen LogP contribution >= 0.6 is 7.80 Å². The molecule has 2 aromatic rings. The first-order valence-electron chi connectivity index (χ1n) is 6.63. The van der Waals surface area contributed by atoms with Crippen molar-refractivity contribution in [1.29, 1.82) is 0 Å². The summed E-state index contributed by atoms with van der Waals surface area (Å²) in [6.45, 7) is 6.26. The second-order valence-electron chi connectivity index (χ2n) is 4.32. The van der Waals surface area contributed by atoms with E-state index in [1.165, 1.54) is 5.69 Å². The van der Waals surface area contributed by atoms with E-state index in [0.717, 1.165) is 23.7 Å². The van der Waals surface area contributed by atoms with Crippen molar-refractivity contribution in [2.24, 2.45) is 0 Å². The van der Waals surface area contributed by atoms with Crippen molar-refractivity contribution in [3.8, 4) is 0 Å². The van der Waals surface area contributed by atoms with E-state index in [4.69, 9.17) is 0 Å². The molecule has 1 unspecified atom stereocenters. The van der Waals surface area contributed by atoms with Gasteiger partial charge in [-0.1, -0.05) is 22.8 Å². The first-order valence-corrected chi connectivity index (χ1v) is 7.89. The summed E-state index contributed by atoms with van der Waals surface area (Å²) in [6.07, 6.45) is 0. The van der Waals surface area contributed by atoms with Crippen molar-refractivity contribution < 1.29 is 4.57 Å². The van der Waals surface area contributed by atoms with Gasteiger partial charge in [-0.3, -0.25) is 0 Å². The highest BCUT2D eigenvalue weighted by atomic mass is 31.1. The van der Waals surface area contributed by atoms with Crippen molar-refractivity contribution in [2.75, 3.05) is 18.0 Å². The molecule has 2 rings (SSSR count). The Kier molecular flexibility index (Phi) is 4.70. The number of anilines is 1. The quantitative estimate of drug-likeness (QED) is 0.778. The van der Waals surface area contributed by atoms with Crippen LogP contribution in [0, 0.1) is 0 Å². The smallest absolute Gasteiger partial charge is 0.372 e. The van der Waals surface area contributed by atoms with Gasteiger partial charge in [0.1, 0.15) is 0 Å². The highest BCUT2D eigenvalue weighted by Gasteiger charge is 2.22. The van der Waals surface area contributed by atoms with Crippen LogP contribution in [0.2, 0.25) is 0 Å². The lowest BCUT2D eigenvalue weighted by molar-refractivity contribution is 0.598. The summed E-state index contributed by atoms with van der Waals surface area (Å²) in [5, 5.41) is 1.77. The topological polar surface area (TPSA) is 20.3 Å². The molecule has 0 aliphatic carbocycles. The summed E-state index contributed by atoms with van der Waals surface area (Å²) in [5.41, 5.74) is 1.19. The first kappa shape index (κ1) is 13.8. The van der Waals surface area contributed by atoms with Gasteiger partial charge in [0.15, 0.2) is 10.6 Å². The normalized spacial score (nSPS) is 11.2. The molecule has 0 bridgehead atoms. The lowest BCUT2D eigenvalue weighted by Gasteiger charge is -2.20. The third-order valence-electron chi connectivity index (χ3n) is 3.20. The molecule has 2 aromatic carbocycles. The fourth-order valence-corrected chi connectivity index (χ4v) is 3.26. The van der Waals surface area contributed by atoms with E-state index >= 15 is 0 Å². The van der Waals surface area contributed by atoms with Crippen LogP contribution in [0.5, 0.6) is 0 Å². The number of hydrogen-bond donors (Lipinski definition) is 0. The maximum Gasteiger partial charge on any atom is 0.415 e. The molecule has 19 heavy (non-hydrogen) atoms. The first-order chi connectivity index (χ1) is 9.26. The molecule has 0 fully saturated rings. The molecule has 0 spiro atoms. The highest BCUT2D eigenvalue weighted by molar-refractivity contribution is 7.61. The van der Waals surface area contributed by atoms with E-state index in [1.807, 2.05) is 42.5 Å². The zero-order valence-corrected chi connectivity index (χ0v) is 12.3. The molecule has 0 aliphatic heterocycles. The van der Waals surface area contributed by atoms with Crippen LogP contribution in [0.4, 0.5) is 5.69 Å². The number of rotatable bonds is 5. The average Bonchev–Trinajstić information content (AvgIpc) is 2.49. The molecule has 0 saturated carbocycles. The number of hydrogen-bond acceptors (Lipinski definition) is 2. The fraction of sp³-hybridized carbons (Fsp3) is 0.250. The Labute approximate surface area is 115 Å². The molecule has 0 amide bonds. The van der Waals surface area contributed by atoms with Gasteiger partial charge in [-0.25, -0.2) is 0 Å². The second kappa shape index (κ2) is 6.49. The van der Waals surface area contributed by atoms with E-state index in [-0.39, 0.29) is 0 Å². The van der Waals surface area contributed by atoms with Crippen molar-refractivity contribution in [1.82, 2.24) is 0 Å². The van der Waals surface area contributed by atoms with Gasteiger partial charge in [-0.15, -0.1) is 0 Å². The summed E-state index contributed by atoms with van der Waals surface area (Å²) < 4.78 is 12.4. The molecule has 0 saturated heterocycles. The predicted molar refractivity (Wildman–Crippen MR) is 83.3 cm³/mol. The van der Waals surface area contributed by atoms with Crippen molar-refractivity contribution in [3.63, 3.8) is 0 Å². The zero-order chi connectivity index (χ0) is 13.7. The Bertz CT molecular complexity index is 532. The van der Waals surface area contributed by atoms with Crippen LogP contribution in [-0.2, 0) is 4.57 Å².